The van der Waals surface area contributed by atoms with Crippen LogP contribution in [0, 0.1) is 12.1 Å². The highest BCUT2D eigenvalue weighted by Crippen LogP contribution is 2.40. The van der Waals surface area contributed by atoms with Gasteiger partial charge in [-0.25, -0.2) is 13.7 Å². The molecule has 2 aliphatic heterocycles. The maximum atomic E-state index is 11.0. The Bertz CT molecular complexity index is 1020. The number of hydrogen-bond donors (Lipinski definition) is 2. The third-order valence-corrected chi connectivity index (χ3v) is 5.34. The summed E-state index contributed by atoms with van der Waals surface area (Å²) in [5.74, 6) is -0.437. The SMILES string of the molecule is O=C(O)c1cn(CC2C=[n+]3cc(C4CC4)cc(C(O)C4COC4)c3=N2)nn1. The fourth-order valence-corrected chi connectivity index (χ4v) is 3.60. The van der Waals surface area contributed by atoms with Crippen molar-refractivity contribution in [2.45, 2.75) is 37.5 Å². The first-order valence-electron chi connectivity index (χ1n) is 9.12. The predicted octanol–water partition coefficient (Wildman–Crippen LogP) is -0.467. The van der Waals surface area contributed by atoms with Crippen LogP contribution in [0.25, 0.3) is 0 Å². The van der Waals surface area contributed by atoms with Gasteiger partial charge in [-0.15, -0.1) is 5.10 Å². The van der Waals surface area contributed by atoms with E-state index in [1.165, 1.54) is 29.3 Å². The van der Waals surface area contributed by atoms with Gasteiger partial charge in [-0.1, -0.05) is 10.2 Å². The smallest absolute Gasteiger partial charge is 0.358 e. The molecule has 0 radical (unpaired) electrons. The fourth-order valence-electron chi connectivity index (χ4n) is 3.60. The van der Waals surface area contributed by atoms with Gasteiger partial charge in [0, 0.05) is 5.92 Å². The van der Waals surface area contributed by atoms with Crippen molar-refractivity contribution < 1.29 is 24.0 Å². The van der Waals surface area contributed by atoms with E-state index in [4.69, 9.17) is 14.8 Å². The highest BCUT2D eigenvalue weighted by molar-refractivity contribution is 5.84. The van der Waals surface area contributed by atoms with Crippen LogP contribution in [0.2, 0.25) is 0 Å². The molecule has 1 saturated carbocycles. The van der Waals surface area contributed by atoms with E-state index in [1.807, 2.05) is 10.5 Å². The van der Waals surface area contributed by atoms with Crippen molar-refractivity contribution in [3.63, 3.8) is 0 Å². The van der Waals surface area contributed by atoms with E-state index in [-0.39, 0.29) is 17.7 Å². The van der Waals surface area contributed by atoms with Crippen LogP contribution in [0.4, 0.5) is 0 Å². The molecule has 27 heavy (non-hydrogen) atoms. The number of aliphatic hydroxyl groups is 1. The molecule has 5 rings (SSSR count). The Morgan fingerprint density at radius 3 is 2.85 bits per heavy atom. The van der Waals surface area contributed by atoms with Crippen molar-refractivity contribution in [2.24, 2.45) is 10.9 Å². The van der Waals surface area contributed by atoms with Gasteiger partial charge in [-0.2, -0.15) is 0 Å². The van der Waals surface area contributed by atoms with Crippen LogP contribution >= 0.6 is 0 Å². The Balaban J connectivity index is 1.48. The Morgan fingerprint density at radius 2 is 2.22 bits per heavy atom. The van der Waals surface area contributed by atoms with Gasteiger partial charge in [0.2, 0.25) is 6.04 Å². The third kappa shape index (κ3) is 3.02. The molecule has 9 nitrogen and oxygen atoms in total. The summed E-state index contributed by atoms with van der Waals surface area (Å²) in [6, 6.07) is 1.89. The molecule has 1 saturated heterocycles. The van der Waals surface area contributed by atoms with Gasteiger partial charge >= 0.3 is 11.5 Å². The topological polar surface area (TPSA) is 116 Å². The first kappa shape index (κ1) is 16.5. The number of carboxylic acid groups (broad SMARTS) is 1. The zero-order valence-electron chi connectivity index (χ0n) is 14.6. The molecule has 0 bridgehead atoms. The molecule has 1 aliphatic carbocycles. The van der Waals surface area contributed by atoms with E-state index in [2.05, 4.69) is 22.6 Å². The van der Waals surface area contributed by atoms with Crippen molar-refractivity contribution >= 4 is 5.97 Å². The van der Waals surface area contributed by atoms with Crippen LogP contribution in [0.15, 0.2) is 23.5 Å². The lowest BCUT2D eigenvalue weighted by Crippen LogP contribution is -2.42. The number of hydrogen-bond acceptors (Lipinski definition) is 6. The lowest BCUT2D eigenvalue weighted by Gasteiger charge is -2.29. The predicted molar refractivity (Wildman–Crippen MR) is 89.5 cm³/mol. The fraction of sp³-hybridized carbons (Fsp3) is 0.500. The van der Waals surface area contributed by atoms with Gasteiger partial charge in [0.1, 0.15) is 6.21 Å². The lowest BCUT2D eigenvalue weighted by molar-refractivity contribution is -0.524. The Morgan fingerprint density at radius 1 is 1.41 bits per heavy atom. The Hall–Kier alpha value is -2.65. The van der Waals surface area contributed by atoms with E-state index >= 15 is 0 Å². The van der Waals surface area contributed by atoms with Gasteiger partial charge in [0.05, 0.1) is 43.8 Å². The van der Waals surface area contributed by atoms with Crippen LogP contribution in [-0.2, 0) is 11.3 Å². The first-order chi connectivity index (χ1) is 13.1. The van der Waals surface area contributed by atoms with E-state index in [1.54, 1.807) is 0 Å². The summed E-state index contributed by atoms with van der Waals surface area (Å²) < 4.78 is 8.71. The summed E-state index contributed by atoms with van der Waals surface area (Å²) in [4.78, 5) is 15.7. The molecule has 2 aromatic heterocycles. The van der Waals surface area contributed by atoms with Crippen LogP contribution in [-0.4, -0.2) is 50.4 Å². The molecule has 0 spiro atoms. The van der Waals surface area contributed by atoms with Crippen molar-refractivity contribution in [1.82, 2.24) is 15.0 Å². The molecule has 4 heterocycles. The maximum Gasteiger partial charge on any atom is 0.358 e. The highest BCUT2D eigenvalue weighted by atomic mass is 16.5. The molecular formula is C18H20N5O4+. The molecule has 2 aromatic rings. The van der Waals surface area contributed by atoms with Crippen molar-refractivity contribution in [1.29, 1.82) is 0 Å². The molecule has 2 unspecified atom stereocenters. The van der Waals surface area contributed by atoms with E-state index in [9.17, 15) is 9.90 Å². The third-order valence-electron chi connectivity index (χ3n) is 5.34. The minimum Gasteiger partial charge on any atom is -0.476 e. The van der Waals surface area contributed by atoms with Crippen LogP contribution in [0.3, 0.4) is 0 Å². The molecule has 9 heteroatoms. The first-order valence-corrected chi connectivity index (χ1v) is 9.12. The molecule has 0 amide bonds. The number of nitrogens with zero attached hydrogens (tertiary/aromatic N) is 5. The standard InChI is InChI=1S/C18H19N5O4/c24-16(12-8-27-9-12)14-3-11(10-1-2-10)4-22-5-13(19-17(14)22)6-23-7-15(18(25)26)20-21-23/h3-5,7,10,12-13,16,24H,1-2,6,8-9H2/p+1. The molecule has 2 fully saturated rings. The number of aliphatic hydroxyl groups excluding tert-OH is 1. The van der Waals surface area contributed by atoms with Gasteiger partial charge in [-0.3, -0.25) is 0 Å². The number of carbonyl (C=O) groups is 1. The molecule has 0 aromatic carbocycles. The highest BCUT2D eigenvalue weighted by Gasteiger charge is 2.35. The number of aromatic carboxylic acids is 1. The van der Waals surface area contributed by atoms with E-state index in [0.717, 1.165) is 11.1 Å². The maximum absolute atomic E-state index is 11.0. The van der Waals surface area contributed by atoms with Gasteiger partial charge in [0.15, 0.2) is 5.69 Å². The zero-order valence-corrected chi connectivity index (χ0v) is 14.6. The number of fused-ring (bicyclic) bond motifs is 1. The lowest BCUT2D eigenvalue weighted by atomic mass is 9.94. The minimum atomic E-state index is -1.10. The summed E-state index contributed by atoms with van der Waals surface area (Å²) in [5.41, 5.74) is 2.74. The number of ether oxygens (including phenoxy) is 1. The largest absolute Gasteiger partial charge is 0.476 e. The zero-order chi connectivity index (χ0) is 18.5. The summed E-state index contributed by atoms with van der Waals surface area (Å²) in [6.07, 6.45) is 7.23. The van der Waals surface area contributed by atoms with Crippen molar-refractivity contribution in [2.75, 3.05) is 13.2 Å². The monoisotopic (exact) mass is 370 g/mol. The molecule has 140 valence electrons. The van der Waals surface area contributed by atoms with Gasteiger partial charge in [-0.05, 0) is 30.4 Å². The summed E-state index contributed by atoms with van der Waals surface area (Å²) >= 11 is 0. The average molecular weight is 370 g/mol. The number of carboxylic acids is 1. The summed E-state index contributed by atoms with van der Waals surface area (Å²) in [5, 5.41) is 27.3. The number of pyridine rings is 1. The number of rotatable bonds is 6. The second-order valence-corrected chi connectivity index (χ2v) is 7.45. The quantitative estimate of drug-likeness (QED) is 0.665. The van der Waals surface area contributed by atoms with Crippen molar-refractivity contribution in [3.05, 3.63) is 47.0 Å². The van der Waals surface area contributed by atoms with Crippen molar-refractivity contribution in [3.8, 4) is 0 Å². The normalized spacial score (nSPS) is 22.5. The van der Waals surface area contributed by atoms with Crippen LogP contribution in [0.1, 0.15) is 46.5 Å². The van der Waals surface area contributed by atoms with E-state index in [0.29, 0.717) is 25.7 Å². The van der Waals surface area contributed by atoms with Crippen LogP contribution in [0.5, 0.6) is 0 Å². The average Bonchev–Trinajstić information content (AvgIpc) is 3.19. The Kier molecular flexibility index (Phi) is 3.80. The molecular weight excluding hydrogens is 350 g/mol. The molecule has 2 N–H and O–H groups in total. The summed E-state index contributed by atoms with van der Waals surface area (Å²) in [6.45, 7) is 1.53. The van der Waals surface area contributed by atoms with Gasteiger partial charge in [0.25, 0.3) is 0 Å². The van der Waals surface area contributed by atoms with Crippen LogP contribution < -0.4 is 9.73 Å². The van der Waals surface area contributed by atoms with Gasteiger partial charge < -0.3 is 14.9 Å². The minimum absolute atomic E-state index is 0.0877. The molecule has 2 atom stereocenters. The Labute approximate surface area is 154 Å². The van der Waals surface area contributed by atoms with E-state index < -0.39 is 12.1 Å². The second kappa shape index (κ2) is 6.21. The molecule has 3 aliphatic rings. The second-order valence-electron chi connectivity index (χ2n) is 7.45. The summed E-state index contributed by atoms with van der Waals surface area (Å²) in [7, 11) is 0. The number of aromatic nitrogens is 4.